The molecule has 84 valence electrons. The van der Waals surface area contributed by atoms with Gasteiger partial charge in [-0.25, -0.2) is 4.79 Å². The lowest BCUT2D eigenvalue weighted by molar-refractivity contribution is -0.385. The van der Waals surface area contributed by atoms with Crippen LogP contribution in [0.2, 0.25) is 0 Å². The lowest BCUT2D eigenvalue weighted by atomic mass is 10.1. The number of carboxylic acid groups (broad SMARTS) is 1. The topological polar surface area (TPSA) is 80.4 Å². The Bertz CT molecular complexity index is 482. The van der Waals surface area contributed by atoms with Crippen LogP contribution >= 0.6 is 15.9 Å². The third kappa shape index (κ3) is 2.66. The normalized spacial score (nSPS) is 10.6. The molecule has 0 aliphatic rings. The van der Waals surface area contributed by atoms with Crippen LogP contribution in [0.15, 0.2) is 22.7 Å². The fourth-order valence-electron chi connectivity index (χ4n) is 1.16. The lowest BCUT2D eigenvalue weighted by Crippen LogP contribution is -1.95. The van der Waals surface area contributed by atoms with Gasteiger partial charge in [0.25, 0.3) is 5.69 Å². The van der Waals surface area contributed by atoms with Crippen molar-refractivity contribution in [3.63, 3.8) is 0 Å². The Morgan fingerprint density at radius 3 is 2.69 bits per heavy atom. The van der Waals surface area contributed by atoms with E-state index in [-0.39, 0.29) is 11.3 Å². The summed E-state index contributed by atoms with van der Waals surface area (Å²) in [6, 6.07) is 3.19. The molecule has 0 atom stereocenters. The summed E-state index contributed by atoms with van der Waals surface area (Å²) in [4.78, 5) is 20.6. The molecular formula is C10H8BrNO4. The van der Waals surface area contributed by atoms with Crippen molar-refractivity contribution in [1.29, 1.82) is 0 Å². The second-order valence-electron chi connectivity index (χ2n) is 3.06. The van der Waals surface area contributed by atoms with Crippen molar-refractivity contribution in [3.8, 4) is 0 Å². The third-order valence-electron chi connectivity index (χ3n) is 1.93. The largest absolute Gasteiger partial charge is 0.478 e. The predicted octanol–water partition coefficient (Wildman–Crippen LogP) is 2.76. The average Bonchev–Trinajstić information content (AvgIpc) is 2.19. The smallest absolute Gasteiger partial charge is 0.328 e. The maximum absolute atomic E-state index is 10.8. The summed E-state index contributed by atoms with van der Waals surface area (Å²) in [7, 11) is 0. The van der Waals surface area contributed by atoms with Crippen molar-refractivity contribution in [2.24, 2.45) is 0 Å². The van der Waals surface area contributed by atoms with Crippen molar-refractivity contribution in [2.45, 2.75) is 6.92 Å². The van der Waals surface area contributed by atoms with Gasteiger partial charge in [0.2, 0.25) is 0 Å². The maximum Gasteiger partial charge on any atom is 0.328 e. The molecule has 0 aliphatic heterocycles. The van der Waals surface area contributed by atoms with Crippen LogP contribution < -0.4 is 0 Å². The van der Waals surface area contributed by atoms with Gasteiger partial charge in [-0.3, -0.25) is 10.1 Å². The number of benzene rings is 1. The minimum absolute atomic E-state index is 0.127. The van der Waals surface area contributed by atoms with Crippen molar-refractivity contribution in [1.82, 2.24) is 0 Å². The Kier molecular flexibility index (Phi) is 3.78. The highest BCUT2D eigenvalue weighted by Gasteiger charge is 2.18. The molecule has 0 aliphatic carbocycles. The van der Waals surface area contributed by atoms with Gasteiger partial charge >= 0.3 is 5.97 Å². The van der Waals surface area contributed by atoms with E-state index in [1.54, 1.807) is 13.0 Å². The number of nitro groups is 1. The molecule has 0 saturated heterocycles. The molecule has 1 aromatic carbocycles. The van der Waals surface area contributed by atoms with Gasteiger partial charge < -0.3 is 5.11 Å². The second kappa shape index (κ2) is 4.89. The van der Waals surface area contributed by atoms with Crippen LogP contribution in [0.1, 0.15) is 11.1 Å². The molecule has 1 aromatic rings. The molecule has 5 nitrogen and oxygen atoms in total. The minimum atomic E-state index is -1.15. The quantitative estimate of drug-likeness (QED) is 0.526. The van der Waals surface area contributed by atoms with Crippen LogP contribution in [0, 0.1) is 17.0 Å². The number of halogens is 1. The second-order valence-corrected chi connectivity index (χ2v) is 3.86. The Hall–Kier alpha value is -1.69. The first kappa shape index (κ1) is 12.4. The van der Waals surface area contributed by atoms with Crippen LogP contribution in [0.4, 0.5) is 5.69 Å². The molecule has 16 heavy (non-hydrogen) atoms. The number of carbonyl (C=O) groups is 1. The van der Waals surface area contributed by atoms with Gasteiger partial charge in [0.1, 0.15) is 0 Å². The SMILES string of the molecule is Cc1ccc(/C=C/C(=O)O)c([N+](=O)[O-])c1Br. The molecule has 6 heteroatoms. The van der Waals surface area contributed by atoms with Crippen molar-refractivity contribution in [2.75, 3.05) is 0 Å². The van der Waals surface area contributed by atoms with Crippen LogP contribution in [0.5, 0.6) is 0 Å². The van der Waals surface area contributed by atoms with Gasteiger partial charge in [0, 0.05) is 6.08 Å². The molecule has 1 rings (SSSR count). The third-order valence-corrected chi connectivity index (χ3v) is 2.93. The first-order chi connectivity index (χ1) is 7.43. The highest BCUT2D eigenvalue weighted by molar-refractivity contribution is 9.10. The van der Waals surface area contributed by atoms with Crippen LogP contribution in [-0.4, -0.2) is 16.0 Å². The molecule has 0 saturated carbocycles. The zero-order valence-corrected chi connectivity index (χ0v) is 9.89. The molecule has 0 unspecified atom stereocenters. The van der Waals surface area contributed by atoms with Crippen LogP contribution in [0.3, 0.4) is 0 Å². The van der Waals surface area contributed by atoms with E-state index in [0.717, 1.165) is 11.6 Å². The Labute approximate surface area is 99.7 Å². The number of rotatable bonds is 3. The predicted molar refractivity (Wildman–Crippen MR) is 62.2 cm³/mol. The van der Waals surface area contributed by atoms with E-state index in [9.17, 15) is 14.9 Å². The number of aryl methyl sites for hydroxylation is 1. The molecule has 0 bridgehead atoms. The zero-order valence-electron chi connectivity index (χ0n) is 8.31. The maximum atomic E-state index is 10.8. The molecule has 0 heterocycles. The van der Waals surface area contributed by atoms with Crippen molar-refractivity contribution < 1.29 is 14.8 Å². The number of hydrogen-bond acceptors (Lipinski definition) is 3. The van der Waals surface area contributed by atoms with Gasteiger partial charge in [0.15, 0.2) is 0 Å². The van der Waals surface area contributed by atoms with E-state index < -0.39 is 10.9 Å². The van der Waals surface area contributed by atoms with Crippen LogP contribution in [0.25, 0.3) is 6.08 Å². The Morgan fingerprint density at radius 2 is 2.19 bits per heavy atom. The standard InChI is InChI=1S/C10H8BrNO4/c1-6-2-3-7(4-5-8(13)14)10(9(6)11)12(15)16/h2-5H,1H3,(H,13,14)/b5-4+. The summed E-state index contributed by atoms with van der Waals surface area (Å²) in [6.45, 7) is 1.72. The van der Waals surface area contributed by atoms with Gasteiger partial charge in [-0.2, -0.15) is 0 Å². The van der Waals surface area contributed by atoms with Crippen LogP contribution in [-0.2, 0) is 4.79 Å². The van der Waals surface area contributed by atoms with E-state index in [1.807, 2.05) is 0 Å². The zero-order chi connectivity index (χ0) is 12.3. The number of hydrogen-bond donors (Lipinski definition) is 1. The highest BCUT2D eigenvalue weighted by Crippen LogP contribution is 2.32. The molecular weight excluding hydrogens is 278 g/mol. The van der Waals surface area contributed by atoms with Gasteiger partial charge in [-0.05, 0) is 40.6 Å². The van der Waals surface area contributed by atoms with Gasteiger partial charge in [0.05, 0.1) is 15.0 Å². The Morgan fingerprint density at radius 1 is 1.56 bits per heavy atom. The summed E-state index contributed by atoms with van der Waals surface area (Å²) in [6.07, 6.45) is 2.06. The average molecular weight is 286 g/mol. The van der Waals surface area contributed by atoms with Crippen molar-refractivity contribution in [3.05, 3.63) is 43.9 Å². The van der Waals surface area contributed by atoms with E-state index in [0.29, 0.717) is 4.47 Å². The minimum Gasteiger partial charge on any atom is -0.478 e. The molecule has 0 radical (unpaired) electrons. The molecule has 1 N–H and O–H groups in total. The first-order valence-corrected chi connectivity index (χ1v) is 5.07. The fraction of sp³-hybridized carbons (Fsp3) is 0.100. The fourth-order valence-corrected chi connectivity index (χ4v) is 1.67. The number of nitro benzene ring substituents is 1. The first-order valence-electron chi connectivity index (χ1n) is 4.28. The van der Waals surface area contributed by atoms with E-state index >= 15 is 0 Å². The van der Waals surface area contributed by atoms with E-state index in [4.69, 9.17) is 5.11 Å². The van der Waals surface area contributed by atoms with Crippen molar-refractivity contribution >= 4 is 33.7 Å². The summed E-state index contributed by atoms with van der Waals surface area (Å²) < 4.78 is 0.366. The lowest BCUT2D eigenvalue weighted by Gasteiger charge is -2.02. The number of aliphatic carboxylic acids is 1. The highest BCUT2D eigenvalue weighted by atomic mass is 79.9. The summed E-state index contributed by atoms with van der Waals surface area (Å²) in [5.74, 6) is -1.15. The monoisotopic (exact) mass is 285 g/mol. The van der Waals surface area contributed by atoms with Gasteiger partial charge in [-0.1, -0.05) is 6.07 Å². The summed E-state index contributed by atoms with van der Waals surface area (Å²) in [5, 5.41) is 19.3. The van der Waals surface area contributed by atoms with E-state index in [1.165, 1.54) is 12.1 Å². The number of carboxylic acids is 1. The molecule has 0 aromatic heterocycles. The van der Waals surface area contributed by atoms with Gasteiger partial charge in [-0.15, -0.1) is 0 Å². The molecule has 0 fully saturated rings. The Balaban J connectivity index is 3.34. The molecule has 0 spiro atoms. The number of nitrogens with zero attached hydrogens (tertiary/aromatic N) is 1. The molecule has 0 amide bonds. The summed E-state index contributed by atoms with van der Waals surface area (Å²) in [5.41, 5.74) is 0.849. The summed E-state index contributed by atoms with van der Waals surface area (Å²) >= 11 is 3.12. The van der Waals surface area contributed by atoms with E-state index in [2.05, 4.69) is 15.9 Å².